The number of carbonyl (C=O) groups is 4. The summed E-state index contributed by atoms with van der Waals surface area (Å²) in [6, 6.07) is 25.8. The van der Waals surface area contributed by atoms with Crippen LogP contribution in [0.4, 0.5) is 0 Å². The van der Waals surface area contributed by atoms with E-state index in [1.165, 1.54) is 4.90 Å². The Balaban J connectivity index is 1.35. The zero-order valence-corrected chi connectivity index (χ0v) is 30.2. The highest BCUT2D eigenvalue weighted by molar-refractivity contribution is 5.98. The number of hydrogen-bond acceptors (Lipinski definition) is 7. The van der Waals surface area contributed by atoms with Crippen LogP contribution in [-0.4, -0.2) is 81.6 Å². The largest absolute Gasteiger partial charge is 0.455 e. The number of nitrogens with one attached hydrogen (secondary N) is 1. The van der Waals surface area contributed by atoms with Crippen LogP contribution >= 0.6 is 0 Å². The van der Waals surface area contributed by atoms with Crippen molar-refractivity contribution in [3.63, 3.8) is 0 Å². The fourth-order valence-electron chi connectivity index (χ4n) is 8.47. The van der Waals surface area contributed by atoms with E-state index in [0.29, 0.717) is 31.2 Å². The van der Waals surface area contributed by atoms with Crippen LogP contribution in [0, 0.1) is 11.8 Å². The van der Waals surface area contributed by atoms with Crippen LogP contribution in [0.1, 0.15) is 55.4 Å². The Morgan fingerprint density at radius 1 is 1.00 bits per heavy atom. The molecule has 1 spiro atoms. The maximum Gasteiger partial charge on any atom is 0.313 e. The van der Waals surface area contributed by atoms with Crippen molar-refractivity contribution in [1.82, 2.24) is 15.1 Å². The topological polar surface area (TPSA) is 125 Å². The molecule has 3 heterocycles. The van der Waals surface area contributed by atoms with Gasteiger partial charge in [0.1, 0.15) is 17.7 Å². The fraction of sp³-hybridized carbons (Fsp3) is 0.395. The zero-order valence-electron chi connectivity index (χ0n) is 30.2. The predicted molar refractivity (Wildman–Crippen MR) is 200 cm³/mol. The van der Waals surface area contributed by atoms with Gasteiger partial charge in [-0.3, -0.25) is 19.2 Å². The predicted octanol–water partition coefficient (Wildman–Crippen LogP) is 4.93. The van der Waals surface area contributed by atoms with Crippen molar-refractivity contribution in [2.75, 3.05) is 13.2 Å². The maximum absolute atomic E-state index is 15.0. The normalized spacial score (nSPS) is 24.5. The summed E-state index contributed by atoms with van der Waals surface area (Å²) in [5.74, 6) is -3.58. The van der Waals surface area contributed by atoms with E-state index in [-0.39, 0.29) is 31.3 Å². The zero-order chi connectivity index (χ0) is 37.5. The number of likely N-dealkylation sites (tertiary alicyclic amines) is 1. The molecule has 2 bridgehead atoms. The second-order valence-electron chi connectivity index (χ2n) is 14.3. The Kier molecular flexibility index (Phi) is 11.9. The highest BCUT2D eigenvalue weighted by Gasteiger charge is 2.75. The first-order valence-electron chi connectivity index (χ1n) is 18.5. The van der Waals surface area contributed by atoms with Gasteiger partial charge in [-0.15, -0.1) is 13.2 Å². The molecule has 8 atom stereocenters. The van der Waals surface area contributed by atoms with Gasteiger partial charge in [0, 0.05) is 19.5 Å². The number of rotatable bonds is 17. The first-order valence-corrected chi connectivity index (χ1v) is 18.5. The number of carbonyl (C=O) groups excluding carboxylic acids is 4. The first-order chi connectivity index (χ1) is 25.7. The van der Waals surface area contributed by atoms with E-state index in [4.69, 9.17) is 9.47 Å². The lowest BCUT2D eigenvalue weighted by Gasteiger charge is -2.39. The molecule has 3 aromatic rings. The number of allylic oxidation sites excluding steroid dienone is 1. The minimum Gasteiger partial charge on any atom is -0.455 e. The maximum atomic E-state index is 15.0. The number of fused-ring (bicyclic) bond motifs is 1. The lowest BCUT2D eigenvalue weighted by molar-refractivity contribution is -0.162. The summed E-state index contributed by atoms with van der Waals surface area (Å²) in [4.78, 5) is 60.3. The molecular weight excluding hydrogens is 670 g/mol. The molecule has 0 saturated carbocycles. The van der Waals surface area contributed by atoms with Crippen molar-refractivity contribution in [2.24, 2.45) is 11.8 Å². The van der Waals surface area contributed by atoms with Crippen molar-refractivity contribution in [1.29, 1.82) is 0 Å². The molecule has 10 nitrogen and oxygen atoms in total. The van der Waals surface area contributed by atoms with Gasteiger partial charge in [0.25, 0.3) is 0 Å². The summed E-state index contributed by atoms with van der Waals surface area (Å²) in [5.41, 5.74) is 1.18. The van der Waals surface area contributed by atoms with E-state index < -0.39 is 66.3 Å². The Labute approximate surface area is 311 Å². The van der Waals surface area contributed by atoms with Gasteiger partial charge in [-0.1, -0.05) is 103 Å². The average molecular weight is 720 g/mol. The van der Waals surface area contributed by atoms with Gasteiger partial charge < -0.3 is 29.7 Å². The molecule has 3 aliphatic rings. The number of nitrogens with zero attached hydrogens (tertiary/aromatic N) is 2. The molecule has 6 rings (SSSR count). The van der Waals surface area contributed by atoms with Crippen molar-refractivity contribution in [3.8, 4) is 0 Å². The summed E-state index contributed by atoms with van der Waals surface area (Å²) >= 11 is 0. The third kappa shape index (κ3) is 7.70. The summed E-state index contributed by atoms with van der Waals surface area (Å²) in [7, 11) is 0. The number of aliphatic hydroxyl groups excluding tert-OH is 1. The lowest BCUT2D eigenvalue weighted by Crippen LogP contribution is -2.59. The molecule has 278 valence electrons. The van der Waals surface area contributed by atoms with Gasteiger partial charge in [-0.05, 0) is 49.3 Å². The second kappa shape index (κ2) is 16.7. The minimum absolute atomic E-state index is 0.201. The molecule has 53 heavy (non-hydrogen) atoms. The number of amides is 3. The van der Waals surface area contributed by atoms with Gasteiger partial charge in [0.15, 0.2) is 0 Å². The first kappa shape index (κ1) is 37.7. The van der Waals surface area contributed by atoms with Crippen molar-refractivity contribution < 1.29 is 33.8 Å². The molecule has 2 N–H and O–H groups in total. The number of hydrogen-bond donors (Lipinski definition) is 2. The van der Waals surface area contributed by atoms with Crippen LogP contribution in [0.2, 0.25) is 0 Å². The van der Waals surface area contributed by atoms with Crippen molar-refractivity contribution >= 4 is 23.7 Å². The van der Waals surface area contributed by atoms with Crippen molar-refractivity contribution in [2.45, 2.75) is 81.5 Å². The molecule has 0 radical (unpaired) electrons. The highest BCUT2D eigenvalue weighted by Crippen LogP contribution is 2.59. The van der Waals surface area contributed by atoms with Gasteiger partial charge in [-0.25, -0.2) is 0 Å². The molecule has 3 fully saturated rings. The molecule has 3 saturated heterocycles. The summed E-state index contributed by atoms with van der Waals surface area (Å²) < 4.78 is 13.0. The monoisotopic (exact) mass is 719 g/mol. The molecule has 3 amide bonds. The van der Waals surface area contributed by atoms with Crippen LogP contribution in [0.25, 0.3) is 0 Å². The van der Waals surface area contributed by atoms with E-state index in [0.717, 1.165) is 11.1 Å². The molecule has 3 aliphatic heterocycles. The van der Waals surface area contributed by atoms with Crippen LogP contribution < -0.4 is 5.32 Å². The Morgan fingerprint density at radius 2 is 1.64 bits per heavy atom. The van der Waals surface area contributed by atoms with E-state index in [1.807, 2.05) is 91.0 Å². The van der Waals surface area contributed by atoms with E-state index >= 15 is 0 Å². The Hall–Kier alpha value is -5.06. The van der Waals surface area contributed by atoms with Crippen LogP contribution in [0.3, 0.4) is 0 Å². The third-order valence-electron chi connectivity index (χ3n) is 10.8. The van der Waals surface area contributed by atoms with Crippen molar-refractivity contribution in [3.05, 3.63) is 133 Å². The quantitative estimate of drug-likeness (QED) is 0.150. The molecule has 10 heteroatoms. The number of benzene rings is 3. The average Bonchev–Trinajstić information content (AvgIpc) is 3.83. The molecular formula is C43H49N3O7. The summed E-state index contributed by atoms with van der Waals surface area (Å²) in [6.07, 6.45) is 3.71. The third-order valence-corrected chi connectivity index (χ3v) is 10.8. The SMILES string of the molecule is C=CCCC(=O)N[C@@H](C)[C@H](OC(=O)[C@@H]1[C@@H]2CC[C@]3(O2)[C@H](C(=O)N(CC=C)Cc2ccccc2)N([C@@H](CO)Cc2ccccc2)C(=O)[C@@H]13)c1ccccc1. The van der Waals surface area contributed by atoms with Gasteiger partial charge in [0.2, 0.25) is 17.7 Å². The Morgan fingerprint density at radius 3 is 2.26 bits per heavy atom. The molecule has 0 aromatic heterocycles. The molecule has 0 aliphatic carbocycles. The van der Waals surface area contributed by atoms with Crippen LogP contribution in [0.15, 0.2) is 116 Å². The number of ether oxygens (including phenoxy) is 2. The highest BCUT2D eigenvalue weighted by atomic mass is 16.6. The van der Waals surface area contributed by atoms with Crippen LogP contribution in [-0.2, 0) is 41.6 Å². The van der Waals surface area contributed by atoms with E-state index in [9.17, 15) is 24.3 Å². The number of aliphatic hydroxyl groups is 1. The molecule has 0 unspecified atom stereocenters. The minimum atomic E-state index is -1.31. The summed E-state index contributed by atoms with van der Waals surface area (Å²) in [5, 5.41) is 13.8. The molecule has 3 aromatic carbocycles. The van der Waals surface area contributed by atoms with E-state index in [1.54, 1.807) is 24.0 Å². The lowest BCUT2D eigenvalue weighted by atomic mass is 9.70. The fourth-order valence-corrected chi connectivity index (χ4v) is 8.47. The van der Waals surface area contributed by atoms with Gasteiger partial charge >= 0.3 is 5.97 Å². The second-order valence-corrected chi connectivity index (χ2v) is 14.3. The standard InChI is InChI=1S/C43H49N3O7/c1-4-6-22-35(48)44-29(3)38(32-20-14-9-15-21-32)52-42(51)36-34-23-24-43(53-34)37(36)40(49)46(33(28-47)26-30-16-10-7-11-17-30)39(43)41(50)45(25-5-2)27-31-18-12-8-13-19-31/h4-5,7-21,29,33-34,36-39,47H,1-2,6,22-28H2,3H3,(H,44,48)/t29-,33+,34-,36+,37+,38-,39-,43+/m0/s1. The smallest absolute Gasteiger partial charge is 0.313 e. The van der Waals surface area contributed by atoms with Gasteiger partial charge in [-0.2, -0.15) is 0 Å². The summed E-state index contributed by atoms with van der Waals surface area (Å²) in [6.45, 7) is 9.47. The Bertz CT molecular complexity index is 1770. The van der Waals surface area contributed by atoms with Gasteiger partial charge in [0.05, 0.1) is 36.6 Å². The number of esters is 1. The van der Waals surface area contributed by atoms with E-state index in [2.05, 4.69) is 18.5 Å². The van der Waals surface area contributed by atoms with Crippen LogP contribution in [0.5, 0.6) is 0 Å².